The van der Waals surface area contributed by atoms with Crippen molar-refractivity contribution in [1.82, 2.24) is 0 Å². The summed E-state index contributed by atoms with van der Waals surface area (Å²) in [6, 6.07) is 5.85. The molecular weight excluding hydrogens is 278 g/mol. The highest BCUT2D eigenvalue weighted by molar-refractivity contribution is 5.95. The number of ether oxygens (including phenoxy) is 1. The van der Waals surface area contributed by atoms with Gasteiger partial charge < -0.3 is 9.64 Å². The summed E-state index contributed by atoms with van der Waals surface area (Å²) in [5.41, 5.74) is 2.90. The van der Waals surface area contributed by atoms with Crippen molar-refractivity contribution in [3.05, 3.63) is 29.8 Å². The normalized spacial score (nSPS) is 11.2. The van der Waals surface area contributed by atoms with E-state index in [9.17, 15) is 9.59 Å². The zero-order valence-electron chi connectivity index (χ0n) is 14.1. The summed E-state index contributed by atoms with van der Waals surface area (Å²) in [6.07, 6.45) is 1.76. The number of hydrogen-bond acceptors (Lipinski definition) is 4. The second-order valence-corrected chi connectivity index (χ2v) is 5.18. The molecule has 1 rings (SSSR count). The van der Waals surface area contributed by atoms with E-state index in [2.05, 4.69) is 18.7 Å². The first-order chi connectivity index (χ1) is 10.4. The number of rotatable bonds is 7. The highest BCUT2D eigenvalue weighted by atomic mass is 16.5. The van der Waals surface area contributed by atoms with Gasteiger partial charge in [-0.05, 0) is 52.3 Å². The number of esters is 1. The minimum atomic E-state index is -0.519. The maximum absolute atomic E-state index is 11.8. The minimum absolute atomic E-state index is 0.200. The molecule has 1 aromatic carbocycles. The molecule has 4 nitrogen and oxygen atoms in total. The smallest absolute Gasteiger partial charge is 0.318 e. The molecule has 0 radical (unpaired) electrons. The molecule has 0 spiro atoms. The van der Waals surface area contributed by atoms with Crippen LogP contribution in [-0.4, -0.2) is 24.8 Å². The van der Waals surface area contributed by atoms with Crippen LogP contribution in [0.3, 0.4) is 0 Å². The maximum Gasteiger partial charge on any atom is 0.318 e. The number of anilines is 1. The lowest BCUT2D eigenvalue weighted by Crippen LogP contribution is -2.22. The molecule has 0 unspecified atom stereocenters. The van der Waals surface area contributed by atoms with Crippen LogP contribution in [0.2, 0.25) is 0 Å². The Hall–Kier alpha value is -2.10. The van der Waals surface area contributed by atoms with Crippen LogP contribution in [0.4, 0.5) is 5.69 Å². The average molecular weight is 303 g/mol. The quantitative estimate of drug-likeness (QED) is 0.436. The van der Waals surface area contributed by atoms with Gasteiger partial charge >= 0.3 is 5.97 Å². The maximum atomic E-state index is 11.8. The Kier molecular flexibility index (Phi) is 6.83. The number of carbonyl (C=O) groups excluding carboxylic acids is 2. The van der Waals surface area contributed by atoms with Gasteiger partial charge in [-0.1, -0.05) is 6.08 Å². The van der Waals surface area contributed by atoms with Gasteiger partial charge in [0, 0.05) is 30.4 Å². The second-order valence-electron chi connectivity index (χ2n) is 5.18. The van der Waals surface area contributed by atoms with Crippen LogP contribution in [0.15, 0.2) is 24.3 Å². The van der Waals surface area contributed by atoms with Crippen molar-refractivity contribution in [2.24, 2.45) is 0 Å². The molecule has 0 aromatic heterocycles. The van der Waals surface area contributed by atoms with Crippen molar-refractivity contribution in [1.29, 1.82) is 0 Å². The van der Waals surface area contributed by atoms with Gasteiger partial charge in [0.1, 0.15) is 18.0 Å². The van der Waals surface area contributed by atoms with Gasteiger partial charge in [-0.3, -0.25) is 9.59 Å². The highest BCUT2D eigenvalue weighted by Gasteiger charge is 2.14. The fourth-order valence-corrected chi connectivity index (χ4v) is 2.22. The van der Waals surface area contributed by atoms with E-state index >= 15 is 0 Å². The van der Waals surface area contributed by atoms with Gasteiger partial charge in [-0.25, -0.2) is 0 Å². The number of nitrogens with zero attached hydrogens (tertiary/aromatic N) is 1. The van der Waals surface area contributed by atoms with E-state index in [1.54, 1.807) is 0 Å². The Morgan fingerprint density at radius 2 is 1.82 bits per heavy atom. The van der Waals surface area contributed by atoms with Crippen LogP contribution in [-0.2, 0) is 9.59 Å². The molecule has 0 saturated heterocycles. The van der Waals surface area contributed by atoms with E-state index < -0.39 is 5.97 Å². The standard InChI is InChI=1S/C18H25NO3/c1-6-13(4)16-10-9-15(19(7-2)8-3)12-17(16)22-18(21)11-14(5)20/h6,9-10,12H,7-8,11H2,1-5H3. The van der Waals surface area contributed by atoms with Gasteiger partial charge in [0.2, 0.25) is 0 Å². The molecule has 22 heavy (non-hydrogen) atoms. The monoisotopic (exact) mass is 303 g/mol. The zero-order valence-corrected chi connectivity index (χ0v) is 14.1. The van der Waals surface area contributed by atoms with E-state index in [4.69, 9.17) is 4.74 Å². The van der Waals surface area contributed by atoms with E-state index in [0.29, 0.717) is 5.75 Å². The Bertz CT molecular complexity index is 572. The van der Waals surface area contributed by atoms with E-state index in [1.165, 1.54) is 6.92 Å². The predicted molar refractivity (Wildman–Crippen MR) is 90.3 cm³/mol. The van der Waals surface area contributed by atoms with Crippen molar-refractivity contribution < 1.29 is 14.3 Å². The van der Waals surface area contributed by atoms with Crippen LogP contribution < -0.4 is 9.64 Å². The van der Waals surface area contributed by atoms with Crippen LogP contribution in [0.5, 0.6) is 5.75 Å². The summed E-state index contributed by atoms with van der Waals surface area (Å²) in [6.45, 7) is 11.2. The van der Waals surface area contributed by atoms with Crippen LogP contribution >= 0.6 is 0 Å². The van der Waals surface area contributed by atoms with Gasteiger partial charge in [0.15, 0.2) is 0 Å². The number of ketones is 1. The fourth-order valence-electron chi connectivity index (χ4n) is 2.22. The molecular formula is C18H25NO3. The van der Waals surface area contributed by atoms with Crippen molar-refractivity contribution in [3.63, 3.8) is 0 Å². The van der Waals surface area contributed by atoms with Crippen molar-refractivity contribution in [3.8, 4) is 5.75 Å². The first-order valence-electron chi connectivity index (χ1n) is 7.65. The summed E-state index contributed by atoms with van der Waals surface area (Å²) in [5, 5.41) is 0. The molecule has 0 aliphatic rings. The molecule has 0 bridgehead atoms. The summed E-state index contributed by atoms with van der Waals surface area (Å²) < 4.78 is 5.43. The topological polar surface area (TPSA) is 46.6 Å². The van der Waals surface area contributed by atoms with E-state index in [0.717, 1.165) is 29.9 Å². The number of allylic oxidation sites excluding steroid dienone is 2. The van der Waals surface area contributed by atoms with E-state index in [-0.39, 0.29) is 12.2 Å². The molecule has 0 heterocycles. The lowest BCUT2D eigenvalue weighted by atomic mass is 10.1. The summed E-state index contributed by atoms with van der Waals surface area (Å²) in [4.78, 5) is 25.1. The summed E-state index contributed by atoms with van der Waals surface area (Å²) >= 11 is 0. The third kappa shape index (κ3) is 4.72. The van der Waals surface area contributed by atoms with Gasteiger partial charge in [0.05, 0.1) is 0 Å². The lowest BCUT2D eigenvalue weighted by molar-refractivity contribution is -0.137. The third-order valence-corrected chi connectivity index (χ3v) is 3.57. The molecule has 4 heteroatoms. The Labute approximate surface area is 132 Å². The predicted octanol–water partition coefficient (Wildman–Crippen LogP) is 3.84. The second kappa shape index (κ2) is 8.37. The van der Waals surface area contributed by atoms with Crippen LogP contribution in [0, 0.1) is 0 Å². The first kappa shape index (κ1) is 18.0. The number of carbonyl (C=O) groups is 2. The zero-order chi connectivity index (χ0) is 16.7. The largest absolute Gasteiger partial charge is 0.425 e. The summed E-state index contributed by atoms with van der Waals surface area (Å²) in [7, 11) is 0. The van der Waals surface area contributed by atoms with Gasteiger partial charge in [-0.15, -0.1) is 0 Å². The van der Waals surface area contributed by atoms with Gasteiger partial charge in [0.25, 0.3) is 0 Å². The molecule has 0 aliphatic heterocycles. The molecule has 0 N–H and O–H groups in total. The Morgan fingerprint density at radius 1 is 1.18 bits per heavy atom. The average Bonchev–Trinajstić information content (AvgIpc) is 2.47. The van der Waals surface area contributed by atoms with E-state index in [1.807, 2.05) is 38.1 Å². The number of hydrogen-bond donors (Lipinski definition) is 0. The third-order valence-electron chi connectivity index (χ3n) is 3.57. The summed E-state index contributed by atoms with van der Waals surface area (Å²) in [5.74, 6) is -0.213. The van der Waals surface area contributed by atoms with Crippen LogP contribution in [0.25, 0.3) is 5.57 Å². The lowest BCUT2D eigenvalue weighted by Gasteiger charge is -2.22. The molecule has 120 valence electrons. The molecule has 0 atom stereocenters. The molecule has 0 amide bonds. The van der Waals surface area contributed by atoms with Crippen LogP contribution in [0.1, 0.15) is 46.6 Å². The molecule has 0 aliphatic carbocycles. The number of Topliss-reactive ketones (excluding diaryl/α,β-unsaturated/α-hetero) is 1. The van der Waals surface area contributed by atoms with Crippen molar-refractivity contribution >= 4 is 23.0 Å². The highest BCUT2D eigenvalue weighted by Crippen LogP contribution is 2.31. The first-order valence-corrected chi connectivity index (χ1v) is 7.65. The molecule has 1 aromatic rings. The number of benzene rings is 1. The molecule has 0 saturated carbocycles. The van der Waals surface area contributed by atoms with Crippen molar-refractivity contribution in [2.75, 3.05) is 18.0 Å². The molecule has 0 fully saturated rings. The van der Waals surface area contributed by atoms with Gasteiger partial charge in [-0.2, -0.15) is 0 Å². The Balaban J connectivity index is 3.20. The fraction of sp³-hybridized carbons (Fsp3) is 0.444. The Morgan fingerprint density at radius 3 is 2.32 bits per heavy atom. The van der Waals surface area contributed by atoms with Crippen molar-refractivity contribution in [2.45, 2.75) is 41.0 Å². The minimum Gasteiger partial charge on any atom is -0.425 e. The SMILES string of the molecule is CC=C(C)c1ccc(N(CC)CC)cc1OC(=O)CC(C)=O.